The molecule has 1 aliphatic carbocycles. The molecule has 0 aromatic heterocycles. The van der Waals surface area contributed by atoms with E-state index in [9.17, 15) is 14.7 Å². The normalized spacial score (nSPS) is 15.2. The van der Waals surface area contributed by atoms with Crippen LogP contribution in [-0.2, 0) is 27.2 Å². The lowest BCUT2D eigenvalue weighted by Crippen LogP contribution is -2.45. The molecule has 1 aliphatic heterocycles. The summed E-state index contributed by atoms with van der Waals surface area (Å²) in [5, 5.41) is 23.7. The van der Waals surface area contributed by atoms with Gasteiger partial charge in [0.1, 0.15) is 17.3 Å². The SMILES string of the molecule is N=C(N)c1cccc(CCOCCC(=O)N(CCNCCc2ccc(O)c3c2OCC(=O)N3)C2CCCCC2)c1. The van der Waals surface area contributed by atoms with Crippen LogP contribution in [0.1, 0.15) is 55.2 Å². The van der Waals surface area contributed by atoms with Gasteiger partial charge in [-0.2, -0.15) is 0 Å². The monoisotopic (exact) mass is 551 g/mol. The molecule has 1 fully saturated rings. The lowest BCUT2D eigenvalue weighted by atomic mass is 9.94. The maximum absolute atomic E-state index is 13.2. The lowest BCUT2D eigenvalue weighted by molar-refractivity contribution is -0.135. The van der Waals surface area contributed by atoms with Crippen LogP contribution in [0.4, 0.5) is 5.69 Å². The summed E-state index contributed by atoms with van der Waals surface area (Å²) < 4.78 is 11.4. The van der Waals surface area contributed by atoms with E-state index in [2.05, 4.69) is 10.6 Å². The number of anilines is 1. The Hall–Kier alpha value is -3.63. The Kier molecular flexibility index (Phi) is 10.8. The standard InChI is InChI=1S/C30H41N5O5/c31-30(32)23-6-4-5-21(19-23)12-17-39-18-13-27(38)35(24-7-2-1-3-8-24)16-15-33-14-11-22-9-10-25(36)28-29(22)40-20-26(37)34-28/h4-6,9-10,19,24,33,36H,1-3,7-8,11-18,20H2,(H3,31,32)(H,34,37). The molecule has 0 saturated heterocycles. The fourth-order valence-electron chi connectivity index (χ4n) is 5.35. The predicted octanol–water partition coefficient (Wildman–Crippen LogP) is 2.95. The van der Waals surface area contributed by atoms with Gasteiger partial charge in [-0.25, -0.2) is 0 Å². The maximum Gasteiger partial charge on any atom is 0.262 e. The zero-order chi connectivity index (χ0) is 28.3. The highest BCUT2D eigenvalue weighted by molar-refractivity contribution is 5.97. The number of rotatable bonds is 14. The van der Waals surface area contributed by atoms with Crippen LogP contribution in [0.25, 0.3) is 0 Å². The first-order valence-electron chi connectivity index (χ1n) is 14.2. The molecule has 0 radical (unpaired) electrons. The van der Waals surface area contributed by atoms with Crippen molar-refractivity contribution in [2.24, 2.45) is 5.73 Å². The molecule has 2 aliphatic rings. The third kappa shape index (κ3) is 8.19. The van der Waals surface area contributed by atoms with Crippen molar-refractivity contribution in [3.8, 4) is 11.5 Å². The fraction of sp³-hybridized carbons (Fsp3) is 0.500. The molecule has 0 atom stereocenters. The molecular formula is C30H41N5O5. The van der Waals surface area contributed by atoms with E-state index < -0.39 is 0 Å². The molecule has 216 valence electrons. The minimum Gasteiger partial charge on any atom is -0.506 e. The number of hydrogen-bond donors (Lipinski definition) is 5. The maximum atomic E-state index is 13.2. The number of phenols is 1. The molecule has 6 N–H and O–H groups in total. The number of aromatic hydroxyl groups is 1. The number of ether oxygens (including phenoxy) is 2. The number of nitrogens with two attached hydrogens (primary N) is 1. The molecule has 1 saturated carbocycles. The predicted molar refractivity (Wildman–Crippen MR) is 154 cm³/mol. The summed E-state index contributed by atoms with van der Waals surface area (Å²) in [5.41, 5.74) is 8.57. The molecule has 2 aromatic rings. The van der Waals surface area contributed by atoms with E-state index in [0.29, 0.717) is 69.1 Å². The van der Waals surface area contributed by atoms with Crippen molar-refractivity contribution in [2.45, 2.75) is 57.4 Å². The zero-order valence-corrected chi connectivity index (χ0v) is 23.0. The van der Waals surface area contributed by atoms with Gasteiger partial charge >= 0.3 is 0 Å². The summed E-state index contributed by atoms with van der Waals surface area (Å²) in [7, 11) is 0. The first-order chi connectivity index (χ1) is 19.4. The van der Waals surface area contributed by atoms with Crippen LogP contribution in [0, 0.1) is 5.41 Å². The second kappa shape index (κ2) is 14.7. The lowest BCUT2D eigenvalue weighted by Gasteiger charge is -2.34. The Labute approximate surface area is 235 Å². The Morgan fingerprint density at radius 2 is 1.98 bits per heavy atom. The number of benzene rings is 2. The summed E-state index contributed by atoms with van der Waals surface area (Å²) in [6.45, 7) is 2.81. The van der Waals surface area contributed by atoms with Crippen molar-refractivity contribution in [2.75, 3.05) is 44.8 Å². The molecule has 1 heterocycles. The van der Waals surface area contributed by atoms with Crippen molar-refractivity contribution in [3.05, 3.63) is 53.1 Å². The van der Waals surface area contributed by atoms with Gasteiger partial charge in [0.25, 0.3) is 5.91 Å². The summed E-state index contributed by atoms with van der Waals surface area (Å²) >= 11 is 0. The summed E-state index contributed by atoms with van der Waals surface area (Å²) in [4.78, 5) is 26.9. The fourth-order valence-corrected chi connectivity index (χ4v) is 5.35. The van der Waals surface area contributed by atoms with E-state index in [1.165, 1.54) is 6.42 Å². The van der Waals surface area contributed by atoms with Gasteiger partial charge in [0.05, 0.1) is 19.6 Å². The van der Waals surface area contributed by atoms with Crippen molar-refractivity contribution in [1.29, 1.82) is 5.41 Å². The van der Waals surface area contributed by atoms with Crippen LogP contribution in [0.15, 0.2) is 36.4 Å². The van der Waals surface area contributed by atoms with Crippen LogP contribution in [0.3, 0.4) is 0 Å². The number of carbonyl (C=O) groups excluding carboxylic acids is 2. The molecule has 10 nitrogen and oxygen atoms in total. The largest absolute Gasteiger partial charge is 0.506 e. The third-order valence-electron chi connectivity index (χ3n) is 7.50. The molecular weight excluding hydrogens is 510 g/mol. The van der Waals surface area contributed by atoms with Crippen LogP contribution in [-0.4, -0.2) is 73.2 Å². The van der Waals surface area contributed by atoms with Crippen LogP contribution in [0.5, 0.6) is 11.5 Å². The molecule has 4 rings (SSSR count). The zero-order valence-electron chi connectivity index (χ0n) is 23.0. The number of nitrogens with one attached hydrogen (secondary N) is 3. The van der Waals surface area contributed by atoms with E-state index >= 15 is 0 Å². The molecule has 40 heavy (non-hydrogen) atoms. The highest BCUT2D eigenvalue weighted by Crippen LogP contribution is 2.39. The molecule has 2 aromatic carbocycles. The van der Waals surface area contributed by atoms with Gasteiger partial charge in [-0.05, 0) is 55.5 Å². The van der Waals surface area contributed by atoms with E-state index in [0.717, 1.165) is 36.8 Å². The third-order valence-corrected chi connectivity index (χ3v) is 7.50. The summed E-state index contributed by atoms with van der Waals surface area (Å²) in [6.07, 6.45) is 7.34. The number of hydrogen-bond acceptors (Lipinski definition) is 7. The summed E-state index contributed by atoms with van der Waals surface area (Å²) in [5.74, 6) is 0.410. The molecule has 0 bridgehead atoms. The average Bonchev–Trinajstić information content (AvgIpc) is 2.96. The number of nitrogens with zero attached hydrogens (tertiary/aromatic N) is 1. The Morgan fingerprint density at radius 3 is 2.77 bits per heavy atom. The minimum absolute atomic E-state index is 0.00689. The molecule has 10 heteroatoms. The number of fused-ring (bicyclic) bond motifs is 1. The van der Waals surface area contributed by atoms with Crippen molar-refractivity contribution in [3.63, 3.8) is 0 Å². The Balaban J connectivity index is 1.21. The van der Waals surface area contributed by atoms with E-state index in [1.807, 2.05) is 35.2 Å². The highest BCUT2D eigenvalue weighted by Gasteiger charge is 2.25. The summed E-state index contributed by atoms with van der Waals surface area (Å²) in [6, 6.07) is 11.2. The van der Waals surface area contributed by atoms with Crippen molar-refractivity contribution < 1.29 is 24.2 Å². The van der Waals surface area contributed by atoms with Gasteiger partial charge < -0.3 is 35.8 Å². The average molecular weight is 552 g/mol. The number of amides is 2. The second-order valence-electron chi connectivity index (χ2n) is 10.4. The first kappa shape index (κ1) is 29.4. The van der Waals surface area contributed by atoms with Gasteiger partial charge in [-0.3, -0.25) is 15.0 Å². The van der Waals surface area contributed by atoms with Crippen LogP contribution >= 0.6 is 0 Å². The molecule has 2 amide bonds. The second-order valence-corrected chi connectivity index (χ2v) is 10.4. The quantitative estimate of drug-likeness (QED) is 0.105. The molecule has 0 spiro atoms. The number of carbonyl (C=O) groups is 2. The van der Waals surface area contributed by atoms with Crippen LogP contribution in [0.2, 0.25) is 0 Å². The highest BCUT2D eigenvalue weighted by atomic mass is 16.5. The topological polar surface area (TPSA) is 150 Å². The van der Waals surface area contributed by atoms with Crippen molar-refractivity contribution >= 4 is 23.3 Å². The van der Waals surface area contributed by atoms with Crippen molar-refractivity contribution in [1.82, 2.24) is 10.2 Å². The van der Waals surface area contributed by atoms with E-state index in [-0.39, 0.29) is 36.0 Å². The van der Waals surface area contributed by atoms with Crippen LogP contribution < -0.4 is 21.1 Å². The van der Waals surface area contributed by atoms with E-state index in [1.54, 1.807) is 6.07 Å². The van der Waals surface area contributed by atoms with Gasteiger partial charge in [0, 0.05) is 24.7 Å². The number of nitrogen functional groups attached to an aromatic ring is 1. The smallest absolute Gasteiger partial charge is 0.262 e. The van der Waals surface area contributed by atoms with Gasteiger partial charge in [0.2, 0.25) is 5.91 Å². The first-order valence-corrected chi connectivity index (χ1v) is 14.2. The number of phenolic OH excluding ortho intramolecular Hbond substituents is 1. The van der Waals surface area contributed by atoms with Gasteiger partial charge in [0.15, 0.2) is 12.4 Å². The number of amidine groups is 1. The Bertz CT molecular complexity index is 1180. The Morgan fingerprint density at radius 1 is 1.15 bits per heavy atom. The van der Waals surface area contributed by atoms with E-state index in [4.69, 9.17) is 20.6 Å². The minimum atomic E-state index is -0.282. The van der Waals surface area contributed by atoms with Gasteiger partial charge in [-0.15, -0.1) is 0 Å². The molecule has 0 unspecified atom stereocenters. The van der Waals surface area contributed by atoms with Gasteiger partial charge in [-0.1, -0.05) is 43.5 Å².